The molecule has 0 N–H and O–H groups in total. The third-order valence-electron chi connectivity index (χ3n) is 7.32. The molecule has 152 valence electrons. The number of halogens is 1. The number of nitrogens with zero attached hydrogens (tertiary/aromatic N) is 1. The van der Waals surface area contributed by atoms with Gasteiger partial charge in [0.25, 0.3) is 0 Å². The summed E-state index contributed by atoms with van der Waals surface area (Å²) in [5.41, 5.74) is 3.03. The summed E-state index contributed by atoms with van der Waals surface area (Å²) >= 11 is 0. The summed E-state index contributed by atoms with van der Waals surface area (Å²) in [4.78, 5) is 0. The van der Waals surface area contributed by atoms with Crippen molar-refractivity contribution >= 4 is 0 Å². The van der Waals surface area contributed by atoms with E-state index in [0.29, 0.717) is 0 Å². The molecule has 0 atom stereocenters. The Bertz CT molecular complexity index is 653. The van der Waals surface area contributed by atoms with Crippen LogP contribution < -0.4 is 0 Å². The van der Waals surface area contributed by atoms with Gasteiger partial charge in [-0.15, -0.1) is 0 Å². The zero-order valence-electron chi connectivity index (χ0n) is 17.5. The van der Waals surface area contributed by atoms with E-state index in [0.717, 1.165) is 36.5 Å². The van der Waals surface area contributed by atoms with Gasteiger partial charge in [0.2, 0.25) is 0 Å². The van der Waals surface area contributed by atoms with Crippen LogP contribution >= 0.6 is 0 Å². The summed E-state index contributed by atoms with van der Waals surface area (Å²) in [5, 5.41) is 8.48. The Hall–Kier alpha value is -1.62. The molecule has 1 aromatic carbocycles. The normalized spacial score (nSPS) is 28.7. The first kappa shape index (κ1) is 21.1. The molecule has 0 aliphatic heterocycles. The van der Waals surface area contributed by atoms with Crippen molar-refractivity contribution in [1.82, 2.24) is 0 Å². The summed E-state index contributed by atoms with van der Waals surface area (Å²) in [7, 11) is 0. The van der Waals surface area contributed by atoms with E-state index in [1.165, 1.54) is 75.8 Å². The largest absolute Gasteiger partial charge is 0.196 e. The molecular weight excluding hydrogens is 345 g/mol. The maximum absolute atomic E-state index is 12.9. The molecule has 0 unspecified atom stereocenters. The average molecular weight is 382 g/mol. The molecule has 2 aliphatic rings. The monoisotopic (exact) mass is 381 g/mol. The van der Waals surface area contributed by atoms with Crippen molar-refractivity contribution in [3.05, 3.63) is 47.3 Å². The third kappa shape index (κ3) is 5.94. The van der Waals surface area contributed by atoms with Gasteiger partial charge in [0.05, 0.1) is 0 Å². The van der Waals surface area contributed by atoms with Crippen LogP contribution in [0.4, 0.5) is 4.39 Å². The standard InChI is InChI=1S/C26H36FN/c1-2-4-20-7-11-22(12-8-20)24-15-17-25(18-16-24)23-13-9-21(10-14-23)5-3-6-26(27)19-28/h6-8,11-12,21,23-25H,2-5,9-10,13-18H2,1H3/b26-6-/t21?,23?,24-,25-. The van der Waals surface area contributed by atoms with Gasteiger partial charge in [-0.3, -0.25) is 0 Å². The predicted octanol–water partition coefficient (Wildman–Crippen LogP) is 7.88. The molecule has 0 heterocycles. The maximum Gasteiger partial charge on any atom is 0.196 e. The van der Waals surface area contributed by atoms with Gasteiger partial charge in [-0.05, 0) is 98.7 Å². The number of allylic oxidation sites excluding steroid dienone is 2. The second-order valence-electron chi connectivity index (χ2n) is 9.13. The summed E-state index contributed by atoms with van der Waals surface area (Å²) < 4.78 is 12.9. The van der Waals surface area contributed by atoms with E-state index in [4.69, 9.17) is 5.26 Å². The zero-order valence-corrected chi connectivity index (χ0v) is 17.5. The molecule has 0 aromatic heterocycles. The number of hydrogen-bond acceptors (Lipinski definition) is 1. The van der Waals surface area contributed by atoms with Crippen LogP contribution in [-0.4, -0.2) is 0 Å². The van der Waals surface area contributed by atoms with Gasteiger partial charge >= 0.3 is 0 Å². The van der Waals surface area contributed by atoms with E-state index in [1.54, 1.807) is 11.6 Å². The highest BCUT2D eigenvalue weighted by Gasteiger charge is 2.31. The average Bonchev–Trinajstić information content (AvgIpc) is 2.75. The summed E-state index contributed by atoms with van der Waals surface area (Å²) in [6, 6.07) is 11.0. The van der Waals surface area contributed by atoms with E-state index in [2.05, 4.69) is 31.2 Å². The van der Waals surface area contributed by atoms with Crippen LogP contribution in [0.3, 0.4) is 0 Å². The number of aryl methyl sites for hydroxylation is 1. The van der Waals surface area contributed by atoms with Crippen molar-refractivity contribution < 1.29 is 4.39 Å². The minimum atomic E-state index is -0.620. The Morgan fingerprint density at radius 1 is 1.00 bits per heavy atom. The van der Waals surface area contributed by atoms with Crippen LogP contribution in [0.1, 0.15) is 94.6 Å². The Labute approximate surface area is 171 Å². The molecular formula is C26H36FN. The van der Waals surface area contributed by atoms with Crippen LogP contribution in [0.2, 0.25) is 0 Å². The minimum absolute atomic E-state index is 0.620. The van der Waals surface area contributed by atoms with E-state index in [9.17, 15) is 4.39 Å². The van der Waals surface area contributed by atoms with E-state index in [1.807, 2.05) is 0 Å². The van der Waals surface area contributed by atoms with Crippen molar-refractivity contribution in [1.29, 1.82) is 5.26 Å². The van der Waals surface area contributed by atoms with Gasteiger partial charge < -0.3 is 0 Å². The lowest BCUT2D eigenvalue weighted by molar-refractivity contribution is 0.157. The van der Waals surface area contributed by atoms with Crippen LogP contribution in [0.25, 0.3) is 0 Å². The zero-order chi connectivity index (χ0) is 19.8. The topological polar surface area (TPSA) is 23.8 Å². The molecule has 0 amide bonds. The lowest BCUT2D eigenvalue weighted by Gasteiger charge is -2.38. The fourth-order valence-corrected chi connectivity index (χ4v) is 5.61. The first-order valence-electron chi connectivity index (χ1n) is 11.5. The molecule has 1 nitrogen and oxygen atoms in total. The molecule has 0 bridgehead atoms. The first-order valence-corrected chi connectivity index (χ1v) is 11.5. The first-order chi connectivity index (χ1) is 13.7. The molecule has 28 heavy (non-hydrogen) atoms. The number of nitriles is 1. The van der Waals surface area contributed by atoms with Crippen LogP contribution in [0.15, 0.2) is 36.2 Å². The SMILES string of the molecule is CCCc1ccc([C@H]2CC[C@H](C3CCC(CC/C=C(\F)C#N)CC3)CC2)cc1. The van der Waals surface area contributed by atoms with Crippen LogP contribution in [-0.2, 0) is 6.42 Å². The molecule has 0 saturated heterocycles. The molecule has 2 heteroatoms. The van der Waals surface area contributed by atoms with Crippen molar-refractivity contribution in [3.8, 4) is 6.07 Å². The van der Waals surface area contributed by atoms with Gasteiger partial charge in [-0.25, -0.2) is 0 Å². The highest BCUT2D eigenvalue weighted by atomic mass is 19.1. The Morgan fingerprint density at radius 3 is 2.18 bits per heavy atom. The van der Waals surface area contributed by atoms with Crippen molar-refractivity contribution in [2.24, 2.45) is 17.8 Å². The van der Waals surface area contributed by atoms with Crippen molar-refractivity contribution in [2.45, 2.75) is 89.9 Å². The summed E-state index contributed by atoms with van der Waals surface area (Å²) in [6.07, 6.45) is 16.5. The molecule has 2 fully saturated rings. The highest BCUT2D eigenvalue weighted by Crippen LogP contribution is 2.44. The Balaban J connectivity index is 1.39. The summed E-state index contributed by atoms with van der Waals surface area (Å²) in [5.74, 6) is 2.72. The lowest BCUT2D eigenvalue weighted by atomic mass is 9.68. The number of rotatable bonds is 7. The molecule has 2 aliphatic carbocycles. The molecule has 2 saturated carbocycles. The number of hydrogen-bond donors (Lipinski definition) is 0. The van der Waals surface area contributed by atoms with E-state index < -0.39 is 5.83 Å². The van der Waals surface area contributed by atoms with Gasteiger partial charge in [-0.1, -0.05) is 50.5 Å². The van der Waals surface area contributed by atoms with Crippen molar-refractivity contribution in [3.63, 3.8) is 0 Å². The van der Waals surface area contributed by atoms with E-state index in [-0.39, 0.29) is 0 Å². The second kappa shape index (κ2) is 10.8. The van der Waals surface area contributed by atoms with E-state index >= 15 is 0 Å². The molecule has 0 spiro atoms. The van der Waals surface area contributed by atoms with Gasteiger partial charge in [0, 0.05) is 0 Å². The fourth-order valence-electron chi connectivity index (χ4n) is 5.61. The molecule has 1 aromatic rings. The molecule has 3 rings (SSSR count). The third-order valence-corrected chi connectivity index (χ3v) is 7.32. The molecule has 0 radical (unpaired) electrons. The predicted molar refractivity (Wildman–Crippen MR) is 115 cm³/mol. The Morgan fingerprint density at radius 2 is 1.61 bits per heavy atom. The maximum atomic E-state index is 12.9. The Kier molecular flexibility index (Phi) is 8.13. The quantitative estimate of drug-likeness (QED) is 0.441. The van der Waals surface area contributed by atoms with Gasteiger partial charge in [-0.2, -0.15) is 9.65 Å². The smallest absolute Gasteiger partial charge is 0.195 e. The second-order valence-corrected chi connectivity index (χ2v) is 9.13. The highest BCUT2D eigenvalue weighted by molar-refractivity contribution is 5.26. The fraction of sp³-hybridized carbons (Fsp3) is 0.654. The minimum Gasteiger partial charge on any atom is -0.195 e. The van der Waals surface area contributed by atoms with Crippen LogP contribution in [0.5, 0.6) is 0 Å². The lowest BCUT2D eigenvalue weighted by Crippen LogP contribution is -2.25. The van der Waals surface area contributed by atoms with Gasteiger partial charge in [0.1, 0.15) is 6.07 Å². The van der Waals surface area contributed by atoms with Gasteiger partial charge in [0.15, 0.2) is 5.83 Å². The van der Waals surface area contributed by atoms with Crippen LogP contribution in [0, 0.1) is 29.1 Å². The summed E-state index contributed by atoms with van der Waals surface area (Å²) in [6.45, 7) is 2.24. The number of benzene rings is 1. The van der Waals surface area contributed by atoms with Crippen molar-refractivity contribution in [2.75, 3.05) is 0 Å².